The highest BCUT2D eigenvalue weighted by Crippen LogP contribution is 2.60. The van der Waals surface area contributed by atoms with Gasteiger partial charge in [0, 0.05) is 22.6 Å². The van der Waals surface area contributed by atoms with Gasteiger partial charge in [0.05, 0.1) is 13.6 Å². The van der Waals surface area contributed by atoms with Gasteiger partial charge in [0.1, 0.15) is 23.6 Å². The van der Waals surface area contributed by atoms with Gasteiger partial charge < -0.3 is 19.7 Å². The molecule has 1 fully saturated rings. The predicted octanol–water partition coefficient (Wildman–Crippen LogP) is 4.57. The molecule has 0 radical (unpaired) electrons. The zero-order valence-electron chi connectivity index (χ0n) is 23.0. The summed E-state index contributed by atoms with van der Waals surface area (Å²) in [6.45, 7) is 12.7. The second-order valence-electron chi connectivity index (χ2n) is 13.1. The highest BCUT2D eigenvalue weighted by molar-refractivity contribution is 6.92. The highest BCUT2D eigenvalue weighted by Gasteiger charge is 2.64. The molecule has 2 aromatic rings. The van der Waals surface area contributed by atoms with Crippen LogP contribution in [0.3, 0.4) is 0 Å². The zero-order chi connectivity index (χ0) is 27.8. The van der Waals surface area contributed by atoms with Crippen LogP contribution in [0.1, 0.15) is 46.9 Å². The first-order valence-corrected chi connectivity index (χ1v) is 19.8. The molecule has 0 saturated heterocycles. The van der Waals surface area contributed by atoms with Crippen LogP contribution in [0.5, 0.6) is 5.75 Å². The van der Waals surface area contributed by atoms with E-state index in [0.29, 0.717) is 12.8 Å². The first-order chi connectivity index (χ1) is 17.6. The number of phenolic OH excluding ortho intramolecular Hbond substituents is 1. The molecular formula is C30H38O6Si2. The van der Waals surface area contributed by atoms with Crippen molar-refractivity contribution in [2.75, 3.05) is 0 Å². The number of aliphatic hydroxyl groups excluding tert-OH is 1. The molecule has 8 heteroatoms. The maximum absolute atomic E-state index is 14.0. The third kappa shape index (κ3) is 3.92. The molecule has 0 spiro atoms. The van der Waals surface area contributed by atoms with Gasteiger partial charge in [-0.1, -0.05) is 67.7 Å². The quantitative estimate of drug-likeness (QED) is 0.482. The van der Waals surface area contributed by atoms with Crippen molar-refractivity contribution in [3.63, 3.8) is 0 Å². The monoisotopic (exact) mass is 550 g/mol. The molecule has 0 unspecified atom stereocenters. The van der Waals surface area contributed by atoms with Gasteiger partial charge in [-0.15, -0.1) is 0 Å². The summed E-state index contributed by atoms with van der Waals surface area (Å²) in [4.78, 5) is 27.9. The van der Waals surface area contributed by atoms with Crippen LogP contribution in [-0.2, 0) is 4.43 Å². The lowest BCUT2D eigenvalue weighted by atomic mass is 9.57. The van der Waals surface area contributed by atoms with E-state index in [-0.39, 0.29) is 38.8 Å². The maximum atomic E-state index is 14.0. The number of phenols is 1. The molecule has 1 saturated carbocycles. The standard InChI is InChI=1S/C30H38O6Si2/c1-29(38(5,6)18-11-8-7-9-12-18)16-15-20-23-24(26(33)22-19(25(23)32)13-10-14-21(22)31)27(36-37(2,3)4)28(34)30(20,35)17-29/h7-14,20,27-28,31,34-35H,15-17H2,1-6H3/t20-,27+,28-,29-,30+/m0/s1. The number of fused-ring (bicyclic) bond motifs is 3. The lowest BCUT2D eigenvalue weighted by Crippen LogP contribution is -2.67. The zero-order valence-corrected chi connectivity index (χ0v) is 25.0. The summed E-state index contributed by atoms with van der Waals surface area (Å²) in [6.07, 6.45) is -1.01. The van der Waals surface area contributed by atoms with Gasteiger partial charge in [-0.05, 0) is 50.0 Å². The maximum Gasteiger partial charge on any atom is 0.196 e. The second-order valence-corrected chi connectivity index (χ2v) is 22.6. The number of benzene rings is 2. The minimum Gasteiger partial charge on any atom is -0.507 e. The molecule has 3 aliphatic carbocycles. The first kappa shape index (κ1) is 27.2. The van der Waals surface area contributed by atoms with E-state index in [1.165, 1.54) is 11.3 Å². The number of Topliss-reactive ketones (excluding diaryl/α,β-unsaturated/α-hetero) is 2. The Morgan fingerprint density at radius 2 is 1.58 bits per heavy atom. The fraction of sp³-hybridized carbons (Fsp3) is 0.467. The molecule has 0 aromatic heterocycles. The Morgan fingerprint density at radius 3 is 2.21 bits per heavy atom. The number of carbonyl (C=O) groups excluding carboxylic acids is 2. The van der Waals surface area contributed by atoms with Crippen LogP contribution in [0.25, 0.3) is 0 Å². The summed E-state index contributed by atoms with van der Waals surface area (Å²) >= 11 is 0. The minimum atomic E-state index is -2.36. The molecule has 0 amide bonds. The third-order valence-electron chi connectivity index (χ3n) is 9.47. The number of hydrogen-bond donors (Lipinski definition) is 3. The largest absolute Gasteiger partial charge is 0.507 e. The van der Waals surface area contributed by atoms with Gasteiger partial charge in [-0.25, -0.2) is 0 Å². The van der Waals surface area contributed by atoms with Crippen LogP contribution in [-0.4, -0.2) is 61.1 Å². The lowest BCUT2D eigenvalue weighted by molar-refractivity contribution is -0.164. The van der Waals surface area contributed by atoms with E-state index in [1.54, 1.807) is 12.1 Å². The average Bonchev–Trinajstić information content (AvgIpc) is 2.84. The van der Waals surface area contributed by atoms with E-state index in [9.17, 15) is 24.9 Å². The summed E-state index contributed by atoms with van der Waals surface area (Å²) in [7, 11) is -4.52. The van der Waals surface area contributed by atoms with Crippen molar-refractivity contribution in [2.24, 2.45) is 5.92 Å². The van der Waals surface area contributed by atoms with Gasteiger partial charge >= 0.3 is 0 Å². The van der Waals surface area contributed by atoms with Crippen molar-refractivity contribution in [2.45, 2.75) is 81.8 Å². The Hall–Kier alpha value is -2.37. The SMILES string of the molecule is C[C@]1([Si](C)(C)c2ccccc2)CC[C@H]2C3=C(C(=O)c4c(O)cccc4C3=O)[C@@H](O[Si](C)(C)C)[C@H](O)[C@@]2(O)C1. The molecule has 5 atom stereocenters. The average molecular weight is 551 g/mol. The van der Waals surface area contributed by atoms with Crippen LogP contribution in [0.2, 0.25) is 37.8 Å². The molecule has 3 aliphatic rings. The predicted molar refractivity (Wildman–Crippen MR) is 152 cm³/mol. The number of carbonyl (C=O) groups is 2. The van der Waals surface area contributed by atoms with Gasteiger partial charge in [-0.3, -0.25) is 9.59 Å². The van der Waals surface area contributed by atoms with Crippen LogP contribution in [0.4, 0.5) is 0 Å². The van der Waals surface area contributed by atoms with Gasteiger partial charge in [-0.2, -0.15) is 0 Å². The summed E-state index contributed by atoms with van der Waals surface area (Å²) in [5.74, 6) is -1.83. The van der Waals surface area contributed by atoms with Crippen LogP contribution in [0.15, 0.2) is 59.7 Å². The lowest BCUT2D eigenvalue weighted by Gasteiger charge is -2.59. The Balaban J connectivity index is 1.67. The van der Waals surface area contributed by atoms with E-state index in [2.05, 4.69) is 32.2 Å². The Labute approximate surface area is 226 Å². The molecule has 5 rings (SSSR count). The molecule has 0 heterocycles. The normalized spacial score (nSPS) is 31.5. The van der Waals surface area contributed by atoms with E-state index in [0.717, 1.165) is 6.42 Å². The van der Waals surface area contributed by atoms with E-state index < -0.39 is 45.9 Å². The third-order valence-corrected chi connectivity index (χ3v) is 15.7. The van der Waals surface area contributed by atoms with Gasteiger partial charge in [0.25, 0.3) is 0 Å². The smallest absolute Gasteiger partial charge is 0.196 e. The second kappa shape index (κ2) is 8.82. The minimum absolute atomic E-state index is 0.0451. The molecule has 3 N–H and O–H groups in total. The summed E-state index contributed by atoms with van der Waals surface area (Å²) in [5, 5.41) is 35.9. The highest BCUT2D eigenvalue weighted by atomic mass is 28.4. The molecule has 38 heavy (non-hydrogen) atoms. The van der Waals surface area contributed by atoms with Gasteiger partial charge in [0.2, 0.25) is 0 Å². The van der Waals surface area contributed by atoms with Crippen molar-refractivity contribution in [1.82, 2.24) is 0 Å². The van der Waals surface area contributed by atoms with Crippen LogP contribution >= 0.6 is 0 Å². The van der Waals surface area contributed by atoms with Gasteiger partial charge in [0.15, 0.2) is 19.9 Å². The van der Waals surface area contributed by atoms with Crippen molar-refractivity contribution in [1.29, 1.82) is 0 Å². The molecule has 0 bridgehead atoms. The Bertz CT molecular complexity index is 1340. The van der Waals surface area contributed by atoms with E-state index in [4.69, 9.17) is 4.43 Å². The molecule has 202 valence electrons. The van der Waals surface area contributed by atoms with Crippen molar-refractivity contribution < 1.29 is 29.3 Å². The topological polar surface area (TPSA) is 104 Å². The number of aromatic hydroxyl groups is 1. The van der Waals surface area contributed by atoms with E-state index in [1.807, 2.05) is 37.8 Å². The van der Waals surface area contributed by atoms with Crippen molar-refractivity contribution in [3.8, 4) is 5.75 Å². The molecule has 0 aliphatic heterocycles. The first-order valence-electron chi connectivity index (χ1n) is 13.4. The number of hydrogen-bond acceptors (Lipinski definition) is 6. The molecular weight excluding hydrogens is 512 g/mol. The number of ketones is 2. The molecule has 6 nitrogen and oxygen atoms in total. The summed E-state index contributed by atoms with van der Waals surface area (Å²) in [5.41, 5.74) is -1.18. The Kier molecular flexibility index (Phi) is 6.32. The number of aliphatic hydroxyl groups is 2. The Morgan fingerprint density at radius 1 is 0.921 bits per heavy atom. The summed E-state index contributed by atoms with van der Waals surface area (Å²) in [6, 6.07) is 14.9. The van der Waals surface area contributed by atoms with Crippen LogP contribution in [0, 0.1) is 5.92 Å². The van der Waals surface area contributed by atoms with Crippen molar-refractivity contribution in [3.05, 3.63) is 70.8 Å². The summed E-state index contributed by atoms with van der Waals surface area (Å²) < 4.78 is 6.41. The fourth-order valence-electron chi connectivity index (χ4n) is 7.04. The van der Waals surface area contributed by atoms with Crippen LogP contribution < -0.4 is 5.19 Å². The number of rotatable bonds is 4. The fourth-order valence-corrected chi connectivity index (χ4v) is 11.3. The molecule has 2 aromatic carbocycles. The van der Waals surface area contributed by atoms with Crippen molar-refractivity contribution >= 4 is 33.1 Å². The van der Waals surface area contributed by atoms with E-state index >= 15 is 0 Å².